The Hall–Kier alpha value is -0.820. The Bertz CT molecular complexity index is 255. The van der Waals surface area contributed by atoms with Crippen molar-refractivity contribution < 1.29 is 8.42 Å². The van der Waals surface area contributed by atoms with Gasteiger partial charge in [-0.2, -0.15) is 5.26 Å². The monoisotopic (exact) mass is 145 g/mol. The molecule has 0 aromatic heterocycles. The van der Waals surface area contributed by atoms with Crippen LogP contribution in [0.1, 0.15) is 6.92 Å². The summed E-state index contributed by atoms with van der Waals surface area (Å²) in [6.07, 6.45) is 2.28. The van der Waals surface area contributed by atoms with Crippen LogP contribution < -0.4 is 0 Å². The van der Waals surface area contributed by atoms with E-state index in [0.717, 1.165) is 6.26 Å². The highest BCUT2D eigenvalue weighted by molar-refractivity contribution is 7.94. The Morgan fingerprint density at radius 2 is 2.11 bits per heavy atom. The number of hydrogen-bond acceptors (Lipinski definition) is 3. The van der Waals surface area contributed by atoms with Gasteiger partial charge in [-0.1, -0.05) is 6.08 Å². The Kier molecular flexibility index (Phi) is 2.41. The lowest BCUT2D eigenvalue weighted by Crippen LogP contribution is -1.97. The summed E-state index contributed by atoms with van der Waals surface area (Å²) in [7, 11) is -3.27. The van der Waals surface area contributed by atoms with E-state index in [1.165, 1.54) is 13.0 Å². The van der Waals surface area contributed by atoms with Gasteiger partial charge in [0.15, 0.2) is 9.84 Å². The van der Waals surface area contributed by atoms with Gasteiger partial charge in [0, 0.05) is 6.26 Å². The van der Waals surface area contributed by atoms with Crippen LogP contribution in [0.15, 0.2) is 11.0 Å². The zero-order valence-corrected chi connectivity index (χ0v) is 6.07. The summed E-state index contributed by atoms with van der Waals surface area (Å²) in [5.74, 6) is 0. The highest BCUT2D eigenvalue weighted by Gasteiger charge is 2.06. The highest BCUT2D eigenvalue weighted by atomic mass is 32.2. The number of sulfone groups is 1. The molecular weight excluding hydrogens is 138 g/mol. The predicted octanol–water partition coefficient (Wildman–Crippen LogP) is 0.458. The van der Waals surface area contributed by atoms with E-state index >= 15 is 0 Å². The smallest absolute Gasteiger partial charge is 0.185 e. The normalized spacial score (nSPS) is 12.8. The van der Waals surface area contributed by atoms with E-state index in [2.05, 4.69) is 0 Å². The van der Waals surface area contributed by atoms with Crippen LogP contribution >= 0.6 is 0 Å². The van der Waals surface area contributed by atoms with Crippen molar-refractivity contribution in [2.75, 3.05) is 6.26 Å². The average molecular weight is 145 g/mol. The van der Waals surface area contributed by atoms with Crippen molar-refractivity contribution in [3.05, 3.63) is 11.0 Å². The molecule has 0 aliphatic heterocycles. The molecule has 0 aliphatic rings. The van der Waals surface area contributed by atoms with Gasteiger partial charge >= 0.3 is 0 Å². The Morgan fingerprint density at radius 3 is 2.11 bits per heavy atom. The Labute approximate surface area is 54.5 Å². The maximum atomic E-state index is 10.5. The van der Waals surface area contributed by atoms with E-state index in [4.69, 9.17) is 5.26 Å². The summed E-state index contributed by atoms with van der Waals surface area (Å²) >= 11 is 0. The van der Waals surface area contributed by atoms with Crippen molar-refractivity contribution in [2.45, 2.75) is 6.92 Å². The number of nitriles is 1. The van der Waals surface area contributed by atoms with Gasteiger partial charge < -0.3 is 0 Å². The van der Waals surface area contributed by atoms with Crippen molar-refractivity contribution in [2.24, 2.45) is 0 Å². The van der Waals surface area contributed by atoms with Crippen molar-refractivity contribution in [3.8, 4) is 6.07 Å². The maximum Gasteiger partial charge on any atom is 0.185 e. The zero-order valence-electron chi connectivity index (χ0n) is 5.25. The van der Waals surface area contributed by atoms with Crippen molar-refractivity contribution >= 4 is 9.84 Å². The van der Waals surface area contributed by atoms with Crippen molar-refractivity contribution in [3.63, 3.8) is 0 Å². The lowest BCUT2D eigenvalue weighted by Gasteiger charge is -1.88. The molecule has 0 fully saturated rings. The summed E-state index contributed by atoms with van der Waals surface area (Å²) in [5.41, 5.74) is 0. The average Bonchev–Trinajstić information content (AvgIpc) is 1.65. The second-order valence-electron chi connectivity index (χ2n) is 1.54. The second-order valence-corrected chi connectivity index (χ2v) is 3.52. The van der Waals surface area contributed by atoms with E-state index in [-0.39, 0.29) is 4.91 Å². The predicted molar refractivity (Wildman–Crippen MR) is 34.2 cm³/mol. The van der Waals surface area contributed by atoms with Crippen LogP contribution in [-0.2, 0) is 9.84 Å². The third-order valence-electron chi connectivity index (χ3n) is 0.772. The molecule has 4 heteroatoms. The molecular formula is C5H7NO2S. The molecule has 0 aliphatic carbocycles. The van der Waals surface area contributed by atoms with Crippen LogP contribution in [0.5, 0.6) is 0 Å². The van der Waals surface area contributed by atoms with Gasteiger partial charge in [0.1, 0.15) is 11.0 Å². The quantitative estimate of drug-likeness (QED) is 0.503. The van der Waals surface area contributed by atoms with E-state index in [1.807, 2.05) is 0 Å². The minimum absolute atomic E-state index is 0.178. The number of rotatable bonds is 1. The van der Waals surface area contributed by atoms with Gasteiger partial charge in [0.25, 0.3) is 0 Å². The van der Waals surface area contributed by atoms with Gasteiger partial charge in [0.05, 0.1) is 0 Å². The molecule has 0 heterocycles. The van der Waals surface area contributed by atoms with Gasteiger partial charge in [0.2, 0.25) is 0 Å². The molecule has 3 nitrogen and oxygen atoms in total. The first kappa shape index (κ1) is 8.18. The molecule has 0 amide bonds. The lowest BCUT2D eigenvalue weighted by atomic mass is 10.6. The molecule has 0 atom stereocenters. The van der Waals surface area contributed by atoms with Gasteiger partial charge in [-0.25, -0.2) is 8.42 Å². The second kappa shape index (κ2) is 2.65. The fourth-order valence-corrected chi connectivity index (χ4v) is 0.956. The molecule has 50 valence electrons. The lowest BCUT2D eigenvalue weighted by molar-refractivity contribution is 0.608. The van der Waals surface area contributed by atoms with Crippen molar-refractivity contribution in [1.82, 2.24) is 0 Å². The molecule has 0 rings (SSSR count). The molecule has 0 saturated carbocycles. The Balaban J connectivity index is 4.85. The topological polar surface area (TPSA) is 57.9 Å². The highest BCUT2D eigenvalue weighted by Crippen LogP contribution is 2.00. The largest absolute Gasteiger partial charge is 0.223 e. The van der Waals surface area contributed by atoms with Crippen LogP contribution in [0.4, 0.5) is 0 Å². The molecule has 0 aromatic rings. The summed E-state index contributed by atoms with van der Waals surface area (Å²) in [4.78, 5) is -0.178. The van der Waals surface area contributed by atoms with E-state index in [9.17, 15) is 8.42 Å². The summed E-state index contributed by atoms with van der Waals surface area (Å²) < 4.78 is 21.0. The minimum atomic E-state index is -3.27. The fraction of sp³-hybridized carbons (Fsp3) is 0.400. The maximum absolute atomic E-state index is 10.5. The van der Waals surface area contributed by atoms with Crippen LogP contribution in [-0.4, -0.2) is 14.7 Å². The van der Waals surface area contributed by atoms with Crippen LogP contribution in [0.25, 0.3) is 0 Å². The molecule has 0 aromatic carbocycles. The van der Waals surface area contributed by atoms with E-state index in [1.54, 1.807) is 6.07 Å². The minimum Gasteiger partial charge on any atom is -0.223 e. The summed E-state index contributed by atoms with van der Waals surface area (Å²) in [5, 5.41) is 8.16. The molecule has 0 bridgehead atoms. The zero-order chi connectivity index (χ0) is 7.49. The first-order valence-corrected chi connectivity index (χ1v) is 4.18. The van der Waals surface area contributed by atoms with E-state index in [0.29, 0.717) is 0 Å². The SMILES string of the molecule is C/C=C(\C#N)S(C)(=O)=O. The molecule has 0 unspecified atom stereocenters. The summed E-state index contributed by atoms with van der Waals surface area (Å²) in [6.45, 7) is 1.51. The van der Waals surface area contributed by atoms with Gasteiger partial charge in [-0.05, 0) is 6.92 Å². The van der Waals surface area contributed by atoms with Gasteiger partial charge in [-0.15, -0.1) is 0 Å². The number of nitrogens with zero attached hydrogens (tertiary/aromatic N) is 1. The van der Waals surface area contributed by atoms with Crippen molar-refractivity contribution in [1.29, 1.82) is 5.26 Å². The van der Waals surface area contributed by atoms with Gasteiger partial charge in [-0.3, -0.25) is 0 Å². The molecule has 0 saturated heterocycles. The number of hydrogen-bond donors (Lipinski definition) is 0. The van der Waals surface area contributed by atoms with Crippen LogP contribution in [0.2, 0.25) is 0 Å². The molecule has 0 spiro atoms. The molecule has 0 radical (unpaired) electrons. The van der Waals surface area contributed by atoms with Crippen LogP contribution in [0.3, 0.4) is 0 Å². The standard InChI is InChI=1S/C5H7NO2S/c1-3-5(4-6)9(2,7)8/h3H,1-2H3/b5-3+. The third kappa shape index (κ3) is 2.29. The first-order valence-electron chi connectivity index (χ1n) is 2.29. The van der Waals surface area contributed by atoms with E-state index < -0.39 is 9.84 Å². The first-order chi connectivity index (χ1) is 4.02. The Morgan fingerprint density at radius 1 is 1.67 bits per heavy atom. The number of allylic oxidation sites excluding steroid dienone is 2. The molecule has 9 heavy (non-hydrogen) atoms. The third-order valence-corrected chi connectivity index (χ3v) is 1.90. The fourth-order valence-electron chi connectivity index (χ4n) is 0.362. The molecule has 0 N–H and O–H groups in total. The summed E-state index contributed by atoms with van der Waals surface area (Å²) in [6, 6.07) is 1.56. The van der Waals surface area contributed by atoms with Crippen LogP contribution in [0, 0.1) is 11.3 Å².